The molecule has 1 aromatic heterocycles. The van der Waals surface area contributed by atoms with Crippen molar-refractivity contribution in [3.63, 3.8) is 0 Å². The van der Waals surface area contributed by atoms with Crippen LogP contribution in [0.3, 0.4) is 0 Å². The predicted molar refractivity (Wildman–Crippen MR) is 84.0 cm³/mol. The third-order valence-electron chi connectivity index (χ3n) is 2.59. The number of rotatable bonds is 3. The Labute approximate surface area is 119 Å². The molecule has 0 aliphatic carbocycles. The first-order chi connectivity index (χ1) is 9.35. The van der Waals surface area contributed by atoms with Crippen molar-refractivity contribution in [2.24, 2.45) is 4.99 Å². The van der Waals surface area contributed by atoms with E-state index in [1.54, 1.807) is 11.3 Å². The first-order valence-corrected chi connectivity index (χ1v) is 6.88. The van der Waals surface area contributed by atoms with Crippen LogP contribution in [0.25, 0.3) is 10.2 Å². The summed E-state index contributed by atoms with van der Waals surface area (Å²) in [4.78, 5) is 8.44. The van der Waals surface area contributed by atoms with Crippen molar-refractivity contribution >= 4 is 55.4 Å². The van der Waals surface area contributed by atoms with Gasteiger partial charge in [0.1, 0.15) is 0 Å². The van der Waals surface area contributed by atoms with Gasteiger partial charge in [-0.3, -0.25) is 0 Å². The number of benzene rings is 2. The molecule has 2 aromatic carbocycles. The van der Waals surface area contributed by atoms with E-state index in [1.165, 1.54) is 4.70 Å². The molecule has 0 saturated heterocycles. The molecule has 92 valence electrons. The quantitative estimate of drug-likeness (QED) is 0.555. The molecule has 0 fully saturated rings. The number of isothiocyanates is 1. The number of hydrogen-bond donors (Lipinski definition) is 1. The summed E-state index contributed by atoms with van der Waals surface area (Å²) in [6, 6.07) is 15.7. The molecule has 19 heavy (non-hydrogen) atoms. The lowest BCUT2D eigenvalue weighted by Gasteiger charge is -2.01. The van der Waals surface area contributed by atoms with Crippen LogP contribution < -0.4 is 5.32 Å². The highest BCUT2D eigenvalue weighted by molar-refractivity contribution is 7.78. The average molecular weight is 283 g/mol. The molecule has 3 rings (SSSR count). The molecule has 0 amide bonds. The van der Waals surface area contributed by atoms with Crippen LogP contribution in [0.1, 0.15) is 0 Å². The Balaban J connectivity index is 1.85. The van der Waals surface area contributed by atoms with Crippen LogP contribution in [0.15, 0.2) is 53.5 Å². The van der Waals surface area contributed by atoms with E-state index < -0.39 is 0 Å². The molecular weight excluding hydrogens is 274 g/mol. The zero-order valence-electron chi connectivity index (χ0n) is 9.83. The van der Waals surface area contributed by atoms with Crippen LogP contribution in [0, 0.1) is 0 Å². The molecule has 0 aliphatic rings. The molecule has 3 nitrogen and oxygen atoms in total. The predicted octanol–water partition coefficient (Wildman–Crippen LogP) is 4.77. The Bertz CT molecular complexity index is 723. The molecule has 0 unspecified atom stereocenters. The van der Waals surface area contributed by atoms with Gasteiger partial charge in [-0.25, -0.2) is 4.98 Å². The van der Waals surface area contributed by atoms with Crippen LogP contribution in [-0.4, -0.2) is 10.1 Å². The number of nitrogens with zero attached hydrogens (tertiary/aromatic N) is 2. The fraction of sp³-hybridized carbons (Fsp3) is 0. The normalized spacial score (nSPS) is 10.1. The van der Waals surface area contributed by atoms with Crippen LogP contribution in [0.2, 0.25) is 0 Å². The molecule has 0 radical (unpaired) electrons. The van der Waals surface area contributed by atoms with Gasteiger partial charge in [0.15, 0.2) is 5.13 Å². The molecule has 0 bridgehead atoms. The minimum absolute atomic E-state index is 0.796. The number of nitrogens with one attached hydrogen (secondary N) is 1. The Morgan fingerprint density at radius 2 is 1.89 bits per heavy atom. The maximum absolute atomic E-state index is 4.57. The standard InChI is InChI=1S/C14H9N3S2/c18-9-15-10-5-7-11(8-6-10)16-14-17-12-3-1-2-4-13(12)19-14/h1-8H,(H,16,17). The van der Waals surface area contributed by atoms with Gasteiger partial charge in [-0.05, 0) is 48.6 Å². The second-order valence-corrected chi connectivity index (χ2v) is 5.07. The molecule has 0 atom stereocenters. The molecule has 5 heteroatoms. The molecule has 1 heterocycles. The molecule has 0 aliphatic heterocycles. The zero-order chi connectivity index (χ0) is 13.1. The SMILES string of the molecule is S=C=Nc1ccc(Nc2nc3ccccc3s2)cc1. The van der Waals surface area contributed by atoms with E-state index >= 15 is 0 Å². The summed E-state index contributed by atoms with van der Waals surface area (Å²) < 4.78 is 1.17. The van der Waals surface area contributed by atoms with Crippen molar-refractivity contribution in [3.05, 3.63) is 48.5 Å². The van der Waals surface area contributed by atoms with Gasteiger partial charge in [-0.2, -0.15) is 4.99 Å². The number of thiocarbonyl (C=S) groups is 1. The van der Waals surface area contributed by atoms with Crippen molar-refractivity contribution < 1.29 is 0 Å². The highest BCUT2D eigenvalue weighted by atomic mass is 32.1. The summed E-state index contributed by atoms with van der Waals surface area (Å²) in [5.41, 5.74) is 2.78. The summed E-state index contributed by atoms with van der Waals surface area (Å²) in [7, 11) is 0. The lowest BCUT2D eigenvalue weighted by Crippen LogP contribution is -1.87. The third-order valence-corrected chi connectivity index (χ3v) is 3.63. The van der Waals surface area contributed by atoms with Crippen LogP contribution >= 0.6 is 23.6 Å². The van der Waals surface area contributed by atoms with Crippen molar-refractivity contribution in [1.82, 2.24) is 4.98 Å². The highest BCUT2D eigenvalue weighted by Gasteiger charge is 2.02. The van der Waals surface area contributed by atoms with Gasteiger partial charge in [0.2, 0.25) is 0 Å². The van der Waals surface area contributed by atoms with Crippen molar-refractivity contribution in [2.45, 2.75) is 0 Å². The van der Waals surface area contributed by atoms with Crippen LogP contribution in [-0.2, 0) is 0 Å². The number of anilines is 2. The maximum atomic E-state index is 4.57. The fourth-order valence-electron chi connectivity index (χ4n) is 1.72. The topological polar surface area (TPSA) is 37.3 Å². The Hall–Kier alpha value is -2.07. The molecule has 0 saturated carbocycles. The maximum Gasteiger partial charge on any atom is 0.188 e. The highest BCUT2D eigenvalue weighted by Crippen LogP contribution is 2.28. The molecule has 0 spiro atoms. The summed E-state index contributed by atoms with van der Waals surface area (Å²) in [6.07, 6.45) is 0. The number of aromatic nitrogens is 1. The fourth-order valence-corrected chi connectivity index (χ4v) is 2.71. The molecular formula is C14H9N3S2. The van der Waals surface area contributed by atoms with Crippen molar-refractivity contribution in [2.75, 3.05) is 5.32 Å². The third kappa shape index (κ3) is 2.69. The summed E-state index contributed by atoms with van der Waals surface area (Å²) >= 11 is 6.20. The number of thiazole rings is 1. The smallest absolute Gasteiger partial charge is 0.188 e. The summed E-state index contributed by atoms with van der Waals surface area (Å²) in [6.45, 7) is 0. The van der Waals surface area contributed by atoms with E-state index in [9.17, 15) is 0 Å². The van der Waals surface area contributed by atoms with Gasteiger partial charge in [0, 0.05) is 5.69 Å². The minimum atomic E-state index is 0.796. The number of aliphatic imine (C=N–C) groups is 1. The minimum Gasteiger partial charge on any atom is -0.332 e. The largest absolute Gasteiger partial charge is 0.332 e. The van der Waals surface area contributed by atoms with Gasteiger partial charge in [-0.1, -0.05) is 23.5 Å². The lowest BCUT2D eigenvalue weighted by molar-refractivity contribution is 1.44. The van der Waals surface area contributed by atoms with E-state index in [1.807, 2.05) is 42.5 Å². The second-order valence-electron chi connectivity index (χ2n) is 3.86. The summed E-state index contributed by atoms with van der Waals surface area (Å²) in [5, 5.41) is 6.51. The lowest BCUT2D eigenvalue weighted by atomic mass is 10.3. The average Bonchev–Trinajstić information content (AvgIpc) is 2.83. The van der Waals surface area contributed by atoms with Gasteiger partial charge < -0.3 is 5.32 Å². The first kappa shape index (κ1) is 12.0. The van der Waals surface area contributed by atoms with E-state index in [0.29, 0.717) is 0 Å². The van der Waals surface area contributed by atoms with E-state index in [4.69, 9.17) is 0 Å². The number of para-hydroxylation sites is 1. The zero-order valence-corrected chi connectivity index (χ0v) is 11.5. The molecule has 3 aromatic rings. The van der Waals surface area contributed by atoms with Gasteiger partial charge >= 0.3 is 0 Å². The van der Waals surface area contributed by atoms with E-state index in [-0.39, 0.29) is 0 Å². The molecule has 1 N–H and O–H groups in total. The number of hydrogen-bond acceptors (Lipinski definition) is 5. The second kappa shape index (κ2) is 5.28. The van der Waals surface area contributed by atoms with E-state index in [0.717, 1.165) is 22.0 Å². The van der Waals surface area contributed by atoms with Gasteiger partial charge in [-0.15, -0.1) is 0 Å². The van der Waals surface area contributed by atoms with Gasteiger partial charge in [0.25, 0.3) is 0 Å². The first-order valence-electron chi connectivity index (χ1n) is 5.66. The summed E-state index contributed by atoms with van der Waals surface area (Å²) in [5.74, 6) is 0. The van der Waals surface area contributed by atoms with E-state index in [2.05, 4.69) is 38.7 Å². The van der Waals surface area contributed by atoms with Crippen molar-refractivity contribution in [3.8, 4) is 0 Å². The van der Waals surface area contributed by atoms with Crippen LogP contribution in [0.4, 0.5) is 16.5 Å². The van der Waals surface area contributed by atoms with Crippen LogP contribution in [0.5, 0.6) is 0 Å². The number of fused-ring (bicyclic) bond motifs is 1. The Morgan fingerprint density at radius 3 is 2.63 bits per heavy atom. The Kier molecular flexibility index (Phi) is 3.33. The monoisotopic (exact) mass is 283 g/mol. The Morgan fingerprint density at radius 1 is 1.11 bits per heavy atom. The van der Waals surface area contributed by atoms with Crippen molar-refractivity contribution in [1.29, 1.82) is 0 Å². The van der Waals surface area contributed by atoms with Gasteiger partial charge in [0.05, 0.1) is 21.1 Å².